The summed E-state index contributed by atoms with van der Waals surface area (Å²) in [6.07, 6.45) is 2.54. The zero-order chi connectivity index (χ0) is 14.7. The van der Waals surface area contributed by atoms with Gasteiger partial charge in [-0.2, -0.15) is 0 Å². The van der Waals surface area contributed by atoms with Gasteiger partial charge in [-0.3, -0.25) is 4.90 Å². The first-order valence-electron chi connectivity index (χ1n) is 6.96. The summed E-state index contributed by atoms with van der Waals surface area (Å²) in [5.74, 6) is 0.841. The Bertz CT molecular complexity index is 644. The highest BCUT2D eigenvalue weighted by Gasteiger charge is 2.13. The van der Waals surface area contributed by atoms with Gasteiger partial charge in [0.05, 0.1) is 13.8 Å². The molecule has 0 radical (unpaired) electrons. The van der Waals surface area contributed by atoms with E-state index < -0.39 is 0 Å². The van der Waals surface area contributed by atoms with E-state index in [1.54, 1.807) is 7.11 Å². The number of likely N-dealkylation sites (tertiary alicyclic amines) is 1. The molecule has 21 heavy (non-hydrogen) atoms. The average Bonchev–Trinajstić information content (AvgIpc) is 3.11. The summed E-state index contributed by atoms with van der Waals surface area (Å²) in [7, 11) is 1.66. The zero-order valence-electron chi connectivity index (χ0n) is 11.9. The molecule has 1 fully saturated rings. The quantitative estimate of drug-likeness (QED) is 0.854. The van der Waals surface area contributed by atoms with Crippen molar-refractivity contribution >= 4 is 34.4 Å². The van der Waals surface area contributed by atoms with Crippen LogP contribution in [0.5, 0.6) is 5.75 Å². The Morgan fingerprint density at radius 1 is 1.29 bits per heavy atom. The molecular weight excluding hydrogens is 304 g/mol. The van der Waals surface area contributed by atoms with Crippen LogP contribution >= 0.6 is 23.6 Å². The van der Waals surface area contributed by atoms with Crippen molar-refractivity contribution in [3.8, 4) is 5.75 Å². The van der Waals surface area contributed by atoms with Crippen molar-refractivity contribution in [2.24, 2.45) is 0 Å². The van der Waals surface area contributed by atoms with Crippen molar-refractivity contribution in [3.05, 3.63) is 28.2 Å². The lowest BCUT2D eigenvalue weighted by Crippen LogP contribution is -2.23. The fraction of sp³-hybridized carbons (Fsp3) is 0.429. The van der Waals surface area contributed by atoms with Crippen molar-refractivity contribution in [3.63, 3.8) is 0 Å². The molecule has 1 aromatic heterocycles. The van der Waals surface area contributed by atoms with Crippen LogP contribution in [0.15, 0.2) is 24.3 Å². The molecule has 2 heterocycles. The summed E-state index contributed by atoms with van der Waals surface area (Å²) in [5.41, 5.74) is 0.980. The van der Waals surface area contributed by atoms with Gasteiger partial charge in [0.25, 0.3) is 0 Å². The highest BCUT2D eigenvalue weighted by Crippen LogP contribution is 2.22. The van der Waals surface area contributed by atoms with Gasteiger partial charge < -0.3 is 10.1 Å². The molecule has 0 spiro atoms. The summed E-state index contributed by atoms with van der Waals surface area (Å²) < 4.78 is 7.85. The summed E-state index contributed by atoms with van der Waals surface area (Å²) in [5, 5.41) is 8.67. The van der Waals surface area contributed by atoms with Crippen molar-refractivity contribution in [2.45, 2.75) is 19.5 Å². The summed E-state index contributed by atoms with van der Waals surface area (Å²) >= 11 is 6.90. The molecule has 1 aromatic carbocycles. The molecule has 5 nitrogen and oxygen atoms in total. The van der Waals surface area contributed by atoms with Crippen LogP contribution in [-0.4, -0.2) is 34.9 Å². The molecular formula is C14H18N4OS2. The number of hydrogen-bond donors (Lipinski definition) is 1. The number of methoxy groups -OCH3 is 1. The third-order valence-corrected chi connectivity index (χ3v) is 4.70. The maximum absolute atomic E-state index is 5.40. The molecule has 0 saturated carbocycles. The molecule has 1 saturated heterocycles. The number of aromatic nitrogens is 2. The summed E-state index contributed by atoms with van der Waals surface area (Å²) in [6.45, 7) is 3.07. The molecule has 0 aliphatic carbocycles. The van der Waals surface area contributed by atoms with Crippen molar-refractivity contribution in [2.75, 3.05) is 25.5 Å². The Kier molecular flexibility index (Phi) is 4.52. The van der Waals surface area contributed by atoms with Gasteiger partial charge in [0.15, 0.2) is 3.95 Å². The summed E-state index contributed by atoms with van der Waals surface area (Å²) in [6, 6.07) is 7.77. The lowest BCUT2D eigenvalue weighted by molar-refractivity contribution is 0.255. The van der Waals surface area contributed by atoms with Crippen LogP contribution < -0.4 is 10.1 Å². The number of ether oxygens (including phenoxy) is 1. The number of hydrogen-bond acceptors (Lipinski definition) is 6. The molecule has 7 heteroatoms. The third kappa shape index (κ3) is 3.61. The van der Waals surface area contributed by atoms with Gasteiger partial charge in [0, 0.05) is 5.69 Å². The largest absolute Gasteiger partial charge is 0.497 e. The van der Waals surface area contributed by atoms with E-state index in [4.69, 9.17) is 17.0 Å². The third-order valence-electron chi connectivity index (χ3n) is 3.48. The van der Waals surface area contributed by atoms with Crippen LogP contribution in [0.25, 0.3) is 0 Å². The number of rotatable bonds is 5. The second-order valence-corrected chi connectivity index (χ2v) is 6.62. The van der Waals surface area contributed by atoms with Crippen LogP contribution in [0.2, 0.25) is 0 Å². The van der Waals surface area contributed by atoms with Crippen molar-refractivity contribution in [1.29, 1.82) is 0 Å². The first-order valence-corrected chi connectivity index (χ1v) is 8.18. The molecule has 112 valence electrons. The second kappa shape index (κ2) is 6.55. The van der Waals surface area contributed by atoms with E-state index in [2.05, 4.69) is 15.3 Å². The van der Waals surface area contributed by atoms with Gasteiger partial charge in [-0.05, 0) is 62.4 Å². The van der Waals surface area contributed by atoms with E-state index in [-0.39, 0.29) is 0 Å². The van der Waals surface area contributed by atoms with Crippen LogP contribution in [0, 0.1) is 3.95 Å². The Hall–Kier alpha value is -1.44. The Morgan fingerprint density at radius 2 is 2.00 bits per heavy atom. The Morgan fingerprint density at radius 3 is 2.67 bits per heavy atom. The lowest BCUT2D eigenvalue weighted by Gasteiger charge is -2.13. The maximum atomic E-state index is 5.40. The molecule has 0 bridgehead atoms. The van der Waals surface area contributed by atoms with Gasteiger partial charge in [-0.15, -0.1) is 5.10 Å². The standard InChI is InChI=1S/C14H18N4OS2/c1-19-12-6-4-11(5-7-12)15-13-16-18(14(20)21-13)10-17-8-2-3-9-17/h4-7H,2-3,8-10H2,1H3,(H,15,16). The minimum absolute atomic E-state index is 0.791. The minimum Gasteiger partial charge on any atom is -0.497 e. The fourth-order valence-electron chi connectivity index (χ4n) is 2.36. The first kappa shape index (κ1) is 14.5. The summed E-state index contributed by atoms with van der Waals surface area (Å²) in [4.78, 5) is 2.38. The molecule has 0 unspecified atom stereocenters. The predicted molar refractivity (Wildman–Crippen MR) is 88.0 cm³/mol. The molecule has 1 aliphatic rings. The molecule has 1 N–H and O–H groups in total. The van der Waals surface area contributed by atoms with Crippen LogP contribution in [0.1, 0.15) is 12.8 Å². The maximum Gasteiger partial charge on any atom is 0.209 e. The van der Waals surface area contributed by atoms with Crippen LogP contribution in [0.4, 0.5) is 10.8 Å². The number of anilines is 2. The SMILES string of the molecule is COc1ccc(Nc2nn(CN3CCCC3)c(=S)s2)cc1. The molecule has 1 aliphatic heterocycles. The van der Waals surface area contributed by atoms with E-state index in [0.29, 0.717) is 0 Å². The minimum atomic E-state index is 0.791. The van der Waals surface area contributed by atoms with E-state index in [1.807, 2.05) is 28.9 Å². The van der Waals surface area contributed by atoms with Crippen LogP contribution in [0.3, 0.4) is 0 Å². The van der Waals surface area contributed by atoms with Crippen molar-refractivity contribution < 1.29 is 4.74 Å². The predicted octanol–water partition coefficient (Wildman–Crippen LogP) is 3.48. The highest BCUT2D eigenvalue weighted by atomic mass is 32.1. The average molecular weight is 322 g/mol. The topological polar surface area (TPSA) is 42.3 Å². The molecule has 0 atom stereocenters. The number of benzene rings is 1. The van der Waals surface area contributed by atoms with E-state index in [9.17, 15) is 0 Å². The molecule has 3 rings (SSSR count). The van der Waals surface area contributed by atoms with E-state index in [1.165, 1.54) is 24.2 Å². The highest BCUT2D eigenvalue weighted by molar-refractivity contribution is 7.73. The first-order chi connectivity index (χ1) is 10.2. The van der Waals surface area contributed by atoms with E-state index in [0.717, 1.165) is 40.3 Å². The van der Waals surface area contributed by atoms with Gasteiger partial charge in [0.1, 0.15) is 5.75 Å². The Balaban J connectivity index is 1.69. The van der Waals surface area contributed by atoms with Gasteiger partial charge in [-0.25, -0.2) is 4.68 Å². The molecule has 0 amide bonds. The van der Waals surface area contributed by atoms with E-state index >= 15 is 0 Å². The van der Waals surface area contributed by atoms with Crippen LogP contribution in [-0.2, 0) is 6.67 Å². The number of nitrogens with zero attached hydrogens (tertiary/aromatic N) is 3. The monoisotopic (exact) mass is 322 g/mol. The Labute approximate surface area is 133 Å². The number of nitrogens with one attached hydrogen (secondary N) is 1. The van der Waals surface area contributed by atoms with Gasteiger partial charge in [0.2, 0.25) is 5.13 Å². The lowest BCUT2D eigenvalue weighted by atomic mass is 10.3. The van der Waals surface area contributed by atoms with Crippen molar-refractivity contribution in [1.82, 2.24) is 14.7 Å². The molecule has 2 aromatic rings. The van der Waals surface area contributed by atoms with Gasteiger partial charge in [-0.1, -0.05) is 11.3 Å². The second-order valence-electron chi connectivity index (χ2n) is 4.99. The zero-order valence-corrected chi connectivity index (χ0v) is 13.5. The van der Waals surface area contributed by atoms with Gasteiger partial charge >= 0.3 is 0 Å². The normalized spacial score (nSPS) is 15.3. The smallest absolute Gasteiger partial charge is 0.209 e. The fourth-order valence-corrected chi connectivity index (χ4v) is 3.37.